The number of aryl methyl sites for hydroxylation is 1. The number of aliphatic hydroxyl groups excluding tert-OH is 1. The lowest BCUT2D eigenvalue weighted by Crippen LogP contribution is -2.25. The lowest BCUT2D eigenvalue weighted by Gasteiger charge is -2.16. The molecule has 13 heavy (non-hydrogen) atoms. The molecule has 1 aromatic heterocycles. The average molecular weight is 201 g/mol. The third-order valence-electron chi connectivity index (χ3n) is 1.91. The molecular formula is C9H13ClN2O. The predicted octanol–water partition coefficient (Wildman–Crippen LogP) is 1.42. The van der Waals surface area contributed by atoms with Crippen molar-refractivity contribution in [1.82, 2.24) is 4.98 Å². The molecule has 0 saturated heterocycles. The molecule has 0 aliphatic carbocycles. The van der Waals surface area contributed by atoms with Crippen molar-refractivity contribution in [3.63, 3.8) is 0 Å². The first-order valence-corrected chi connectivity index (χ1v) is 4.47. The Hall–Kier alpha value is -0.640. The van der Waals surface area contributed by atoms with Crippen LogP contribution in [0.5, 0.6) is 0 Å². The highest BCUT2D eigenvalue weighted by Crippen LogP contribution is 2.20. The molecule has 1 rings (SSSR count). The molecule has 0 bridgehead atoms. The van der Waals surface area contributed by atoms with Gasteiger partial charge in [0.25, 0.3) is 0 Å². The van der Waals surface area contributed by atoms with E-state index in [2.05, 4.69) is 4.98 Å². The van der Waals surface area contributed by atoms with Gasteiger partial charge in [-0.1, -0.05) is 17.7 Å². The van der Waals surface area contributed by atoms with Crippen LogP contribution in [-0.2, 0) is 0 Å². The van der Waals surface area contributed by atoms with E-state index >= 15 is 0 Å². The Kier molecular flexibility index (Phi) is 3.25. The van der Waals surface area contributed by atoms with Crippen molar-refractivity contribution in [3.8, 4) is 0 Å². The summed E-state index contributed by atoms with van der Waals surface area (Å²) in [4.78, 5) is 4.03. The number of nitrogens with two attached hydrogens (primary N) is 1. The minimum atomic E-state index is -0.676. The summed E-state index contributed by atoms with van der Waals surface area (Å²) in [5.41, 5.74) is 7.02. The van der Waals surface area contributed by atoms with Crippen molar-refractivity contribution in [3.05, 3.63) is 28.5 Å². The van der Waals surface area contributed by atoms with Gasteiger partial charge in [-0.15, -0.1) is 0 Å². The lowest BCUT2D eigenvalue weighted by molar-refractivity contribution is 0.152. The van der Waals surface area contributed by atoms with Crippen LogP contribution in [0.4, 0.5) is 0 Å². The molecule has 2 unspecified atom stereocenters. The van der Waals surface area contributed by atoms with Crippen LogP contribution in [0.25, 0.3) is 0 Å². The summed E-state index contributed by atoms with van der Waals surface area (Å²) >= 11 is 5.68. The van der Waals surface area contributed by atoms with Gasteiger partial charge in [-0.2, -0.15) is 0 Å². The van der Waals surface area contributed by atoms with E-state index in [1.165, 1.54) is 0 Å². The highest BCUT2D eigenvalue weighted by atomic mass is 35.5. The summed E-state index contributed by atoms with van der Waals surface area (Å²) in [6.45, 7) is 3.55. The number of aromatic nitrogens is 1. The van der Waals surface area contributed by atoms with Crippen LogP contribution in [0.3, 0.4) is 0 Å². The second-order valence-corrected chi connectivity index (χ2v) is 3.50. The summed E-state index contributed by atoms with van der Waals surface area (Å²) in [6.07, 6.45) is -0.676. The first-order valence-electron chi connectivity index (χ1n) is 4.09. The standard InChI is InChI=1S/C9H13ClN2O/c1-5(11)9(13)7-3-4-8(10)12-6(7)2/h3-5,9,13H,11H2,1-2H3. The minimum absolute atomic E-state index is 0.304. The van der Waals surface area contributed by atoms with Crippen molar-refractivity contribution in [2.24, 2.45) is 5.73 Å². The van der Waals surface area contributed by atoms with E-state index < -0.39 is 6.10 Å². The molecule has 0 fully saturated rings. The zero-order valence-electron chi connectivity index (χ0n) is 7.66. The fourth-order valence-electron chi connectivity index (χ4n) is 1.14. The summed E-state index contributed by atoms with van der Waals surface area (Å²) in [5, 5.41) is 10.1. The smallest absolute Gasteiger partial charge is 0.129 e. The molecule has 72 valence electrons. The zero-order chi connectivity index (χ0) is 10.0. The molecule has 1 heterocycles. The Bertz CT molecular complexity index is 302. The third kappa shape index (κ3) is 2.40. The van der Waals surface area contributed by atoms with Gasteiger partial charge in [0.05, 0.1) is 6.10 Å². The predicted molar refractivity (Wildman–Crippen MR) is 52.6 cm³/mol. The van der Waals surface area contributed by atoms with Crippen LogP contribution < -0.4 is 5.73 Å². The molecule has 1 aromatic rings. The molecule has 2 atom stereocenters. The Morgan fingerprint density at radius 3 is 2.62 bits per heavy atom. The number of rotatable bonds is 2. The van der Waals surface area contributed by atoms with Crippen molar-refractivity contribution in [1.29, 1.82) is 0 Å². The average Bonchev–Trinajstić information content (AvgIpc) is 2.03. The molecule has 0 aromatic carbocycles. The van der Waals surface area contributed by atoms with Crippen LogP contribution in [-0.4, -0.2) is 16.1 Å². The SMILES string of the molecule is Cc1nc(Cl)ccc1C(O)C(C)N. The fraction of sp³-hybridized carbons (Fsp3) is 0.444. The van der Waals surface area contributed by atoms with Gasteiger partial charge < -0.3 is 10.8 Å². The van der Waals surface area contributed by atoms with E-state index in [1.54, 1.807) is 26.0 Å². The first-order chi connectivity index (χ1) is 6.02. The normalized spacial score (nSPS) is 15.5. The van der Waals surface area contributed by atoms with Gasteiger partial charge in [-0.3, -0.25) is 0 Å². The molecule has 3 N–H and O–H groups in total. The van der Waals surface area contributed by atoms with Crippen LogP contribution >= 0.6 is 11.6 Å². The lowest BCUT2D eigenvalue weighted by atomic mass is 10.0. The zero-order valence-corrected chi connectivity index (χ0v) is 8.42. The Morgan fingerprint density at radius 2 is 2.15 bits per heavy atom. The van der Waals surface area contributed by atoms with E-state index in [0.29, 0.717) is 5.15 Å². The third-order valence-corrected chi connectivity index (χ3v) is 2.12. The fourth-order valence-corrected chi connectivity index (χ4v) is 1.33. The van der Waals surface area contributed by atoms with Gasteiger partial charge in [0, 0.05) is 17.3 Å². The number of aliphatic hydroxyl groups is 1. The number of halogens is 1. The molecule has 0 aliphatic rings. The molecule has 0 saturated carbocycles. The second-order valence-electron chi connectivity index (χ2n) is 3.11. The van der Waals surface area contributed by atoms with Crippen LogP contribution in [0, 0.1) is 6.92 Å². The summed E-state index contributed by atoms with van der Waals surface area (Å²) in [7, 11) is 0. The monoisotopic (exact) mass is 200 g/mol. The molecule has 0 spiro atoms. The van der Waals surface area contributed by atoms with E-state index in [-0.39, 0.29) is 6.04 Å². The van der Waals surface area contributed by atoms with Crippen molar-refractivity contribution in [2.75, 3.05) is 0 Å². The summed E-state index contributed by atoms with van der Waals surface area (Å²) < 4.78 is 0. The maximum atomic E-state index is 9.66. The van der Waals surface area contributed by atoms with Crippen LogP contribution in [0.15, 0.2) is 12.1 Å². The van der Waals surface area contributed by atoms with E-state index in [1.807, 2.05) is 0 Å². The van der Waals surface area contributed by atoms with Gasteiger partial charge in [0.15, 0.2) is 0 Å². The second kappa shape index (κ2) is 4.05. The number of hydrogen-bond donors (Lipinski definition) is 2. The molecule has 4 heteroatoms. The van der Waals surface area contributed by atoms with Gasteiger partial charge in [-0.25, -0.2) is 4.98 Å². The number of nitrogens with zero attached hydrogens (tertiary/aromatic N) is 1. The molecule has 0 aliphatic heterocycles. The van der Waals surface area contributed by atoms with Crippen molar-refractivity contribution in [2.45, 2.75) is 26.0 Å². The molecule has 0 amide bonds. The number of hydrogen-bond acceptors (Lipinski definition) is 3. The summed E-state index contributed by atoms with van der Waals surface area (Å²) in [6, 6.07) is 3.09. The van der Waals surface area contributed by atoms with Gasteiger partial charge in [-0.05, 0) is 19.9 Å². The van der Waals surface area contributed by atoms with Gasteiger partial charge in [0.2, 0.25) is 0 Å². The summed E-state index contributed by atoms with van der Waals surface area (Å²) in [5.74, 6) is 0. The van der Waals surface area contributed by atoms with E-state index in [9.17, 15) is 5.11 Å². The highest BCUT2D eigenvalue weighted by molar-refractivity contribution is 6.29. The van der Waals surface area contributed by atoms with E-state index in [0.717, 1.165) is 11.3 Å². The van der Waals surface area contributed by atoms with E-state index in [4.69, 9.17) is 17.3 Å². The maximum absolute atomic E-state index is 9.66. The molecule has 3 nitrogen and oxygen atoms in total. The Labute approximate surface area is 82.5 Å². The van der Waals surface area contributed by atoms with Crippen LogP contribution in [0.2, 0.25) is 5.15 Å². The Balaban J connectivity index is 3.01. The largest absolute Gasteiger partial charge is 0.387 e. The minimum Gasteiger partial charge on any atom is -0.387 e. The quantitative estimate of drug-likeness (QED) is 0.710. The van der Waals surface area contributed by atoms with Crippen LogP contribution in [0.1, 0.15) is 24.3 Å². The number of pyridine rings is 1. The first kappa shape index (κ1) is 10.4. The molecule has 0 radical (unpaired) electrons. The Morgan fingerprint density at radius 1 is 1.54 bits per heavy atom. The topological polar surface area (TPSA) is 59.1 Å². The van der Waals surface area contributed by atoms with Crippen molar-refractivity contribution < 1.29 is 5.11 Å². The highest BCUT2D eigenvalue weighted by Gasteiger charge is 2.15. The maximum Gasteiger partial charge on any atom is 0.129 e. The van der Waals surface area contributed by atoms with Gasteiger partial charge in [0.1, 0.15) is 5.15 Å². The molecular weight excluding hydrogens is 188 g/mol. The van der Waals surface area contributed by atoms with Gasteiger partial charge >= 0.3 is 0 Å². The van der Waals surface area contributed by atoms with Crippen molar-refractivity contribution >= 4 is 11.6 Å².